The van der Waals surface area contributed by atoms with E-state index in [1.807, 2.05) is 6.92 Å². The third-order valence-electron chi connectivity index (χ3n) is 3.84. The van der Waals surface area contributed by atoms with Crippen molar-refractivity contribution in [2.45, 2.75) is 32.7 Å². The highest BCUT2D eigenvalue weighted by atomic mass is 32.2. The van der Waals surface area contributed by atoms with Gasteiger partial charge in [0, 0.05) is 19.5 Å². The predicted octanol–water partition coefficient (Wildman–Crippen LogP) is 0.607. The van der Waals surface area contributed by atoms with Gasteiger partial charge in [0.1, 0.15) is 11.8 Å². The molecule has 0 radical (unpaired) electrons. The summed E-state index contributed by atoms with van der Waals surface area (Å²) in [6.07, 6.45) is 2.97. The summed E-state index contributed by atoms with van der Waals surface area (Å²) in [7, 11) is -3.04. The zero-order valence-corrected chi connectivity index (χ0v) is 14.2. The molecule has 0 spiro atoms. The third kappa shape index (κ3) is 4.34. The lowest BCUT2D eigenvalue weighted by atomic mass is 10.1. The Labute approximate surface area is 135 Å². The number of carbonyl (C=O) groups is 2. The van der Waals surface area contributed by atoms with Crippen LogP contribution in [0.5, 0.6) is 0 Å². The fourth-order valence-corrected chi connectivity index (χ4v) is 3.71. The zero-order chi connectivity index (χ0) is 17.0. The predicted molar refractivity (Wildman–Crippen MR) is 84.9 cm³/mol. The molecule has 0 aliphatic carbocycles. The maximum Gasteiger partial charge on any atom is 0.255 e. The molecule has 0 saturated carbocycles. The fourth-order valence-electron chi connectivity index (χ4n) is 2.51. The van der Waals surface area contributed by atoms with E-state index in [1.165, 1.54) is 11.2 Å². The summed E-state index contributed by atoms with van der Waals surface area (Å²) in [5, 5.41) is 2.66. The van der Waals surface area contributed by atoms with Crippen LogP contribution in [0.2, 0.25) is 0 Å². The van der Waals surface area contributed by atoms with Gasteiger partial charge in [-0.1, -0.05) is 6.92 Å². The van der Waals surface area contributed by atoms with Gasteiger partial charge in [0.25, 0.3) is 5.91 Å². The summed E-state index contributed by atoms with van der Waals surface area (Å²) < 4.78 is 28.1. The number of rotatable bonds is 5. The van der Waals surface area contributed by atoms with Crippen LogP contribution in [0.3, 0.4) is 0 Å². The minimum atomic E-state index is -3.04. The van der Waals surface area contributed by atoms with Gasteiger partial charge in [0.15, 0.2) is 9.84 Å². The molecule has 8 heteroatoms. The number of sulfone groups is 1. The largest absolute Gasteiger partial charge is 0.469 e. The Morgan fingerprint density at radius 1 is 1.35 bits per heavy atom. The number of amides is 2. The van der Waals surface area contributed by atoms with E-state index in [2.05, 4.69) is 5.32 Å². The van der Waals surface area contributed by atoms with Gasteiger partial charge in [-0.2, -0.15) is 0 Å². The highest BCUT2D eigenvalue weighted by Gasteiger charge is 2.29. The Kier molecular flexibility index (Phi) is 5.46. The highest BCUT2D eigenvalue weighted by molar-refractivity contribution is 7.91. The normalized spacial score (nSPS) is 18.4. The molecule has 1 atom stereocenters. The maximum absolute atomic E-state index is 12.3. The topological polar surface area (TPSA) is 96.7 Å². The van der Waals surface area contributed by atoms with Crippen molar-refractivity contribution in [3.05, 3.63) is 23.7 Å². The number of furan rings is 1. The van der Waals surface area contributed by atoms with Crippen molar-refractivity contribution in [2.75, 3.05) is 24.6 Å². The second kappa shape index (κ2) is 7.16. The first-order chi connectivity index (χ1) is 10.8. The van der Waals surface area contributed by atoms with Gasteiger partial charge in [0.2, 0.25) is 5.91 Å². The molecule has 2 heterocycles. The summed E-state index contributed by atoms with van der Waals surface area (Å²) in [6, 6.07) is 0.873. The van der Waals surface area contributed by atoms with Crippen molar-refractivity contribution >= 4 is 21.7 Å². The fraction of sp³-hybridized carbons (Fsp3) is 0.600. The molecule has 0 unspecified atom stereocenters. The lowest BCUT2D eigenvalue weighted by Crippen LogP contribution is -2.51. The van der Waals surface area contributed by atoms with Crippen molar-refractivity contribution in [3.8, 4) is 0 Å². The quantitative estimate of drug-likeness (QED) is 0.845. The van der Waals surface area contributed by atoms with Gasteiger partial charge >= 0.3 is 0 Å². The molecule has 1 saturated heterocycles. The van der Waals surface area contributed by atoms with Crippen LogP contribution in [-0.4, -0.2) is 55.8 Å². The molecule has 1 aromatic rings. The molecule has 128 valence electrons. The van der Waals surface area contributed by atoms with Crippen molar-refractivity contribution < 1.29 is 22.4 Å². The molecule has 1 fully saturated rings. The Hall–Kier alpha value is -1.83. The molecule has 1 aliphatic heterocycles. The molecule has 7 nitrogen and oxygen atoms in total. The average Bonchev–Trinajstić information content (AvgIpc) is 2.95. The SMILES string of the molecule is CCCc1occc1C(=O)N[C@H](C)C(=O)N1CCS(=O)(=O)CC1. The van der Waals surface area contributed by atoms with Crippen LogP contribution in [0.4, 0.5) is 0 Å². The molecule has 0 bridgehead atoms. The maximum atomic E-state index is 12.3. The first kappa shape index (κ1) is 17.5. The molecule has 1 aliphatic rings. The van der Waals surface area contributed by atoms with E-state index in [0.29, 0.717) is 17.7 Å². The van der Waals surface area contributed by atoms with Crippen LogP contribution in [0.15, 0.2) is 16.7 Å². The van der Waals surface area contributed by atoms with Gasteiger partial charge < -0.3 is 14.6 Å². The van der Waals surface area contributed by atoms with E-state index in [4.69, 9.17) is 4.42 Å². The number of carbonyl (C=O) groups excluding carboxylic acids is 2. The zero-order valence-electron chi connectivity index (χ0n) is 13.4. The summed E-state index contributed by atoms with van der Waals surface area (Å²) >= 11 is 0. The standard InChI is InChI=1S/C15H22N2O5S/c1-3-4-13-12(5-8-22-13)14(18)16-11(2)15(19)17-6-9-23(20,21)10-7-17/h5,8,11H,3-4,6-7,9-10H2,1-2H3,(H,16,18)/t11-/m1/s1. The lowest BCUT2D eigenvalue weighted by molar-refractivity contribution is -0.132. The number of hydrogen-bond donors (Lipinski definition) is 1. The molecule has 2 amide bonds. The Morgan fingerprint density at radius 2 is 2.00 bits per heavy atom. The van der Waals surface area contributed by atoms with Crippen LogP contribution < -0.4 is 5.32 Å². The van der Waals surface area contributed by atoms with E-state index < -0.39 is 15.9 Å². The first-order valence-corrected chi connectivity index (χ1v) is 9.52. The second-order valence-corrected chi connectivity index (χ2v) is 7.98. The number of aryl methyl sites for hydroxylation is 1. The van der Waals surface area contributed by atoms with Gasteiger partial charge in [0.05, 0.1) is 23.3 Å². The van der Waals surface area contributed by atoms with Crippen LogP contribution in [0.1, 0.15) is 36.4 Å². The molecule has 2 rings (SSSR count). The summed E-state index contributed by atoms with van der Waals surface area (Å²) in [4.78, 5) is 26.1. The van der Waals surface area contributed by atoms with Crippen molar-refractivity contribution in [3.63, 3.8) is 0 Å². The van der Waals surface area contributed by atoms with Crippen LogP contribution >= 0.6 is 0 Å². The molecule has 1 aromatic heterocycles. The minimum Gasteiger partial charge on any atom is -0.469 e. The van der Waals surface area contributed by atoms with E-state index in [0.717, 1.165) is 6.42 Å². The summed E-state index contributed by atoms with van der Waals surface area (Å²) in [5.74, 6) is -0.0704. The monoisotopic (exact) mass is 342 g/mol. The van der Waals surface area contributed by atoms with Gasteiger partial charge in [-0.25, -0.2) is 8.42 Å². The van der Waals surface area contributed by atoms with Gasteiger partial charge in [-0.05, 0) is 19.4 Å². The van der Waals surface area contributed by atoms with Gasteiger partial charge in [-0.3, -0.25) is 9.59 Å². The molecular formula is C15H22N2O5S. The average molecular weight is 342 g/mol. The number of nitrogens with one attached hydrogen (secondary N) is 1. The molecule has 23 heavy (non-hydrogen) atoms. The van der Waals surface area contributed by atoms with E-state index >= 15 is 0 Å². The van der Waals surface area contributed by atoms with Crippen molar-refractivity contribution in [2.24, 2.45) is 0 Å². The lowest BCUT2D eigenvalue weighted by Gasteiger charge is -2.29. The van der Waals surface area contributed by atoms with Crippen molar-refractivity contribution in [1.29, 1.82) is 0 Å². The molecule has 1 N–H and O–H groups in total. The van der Waals surface area contributed by atoms with E-state index in [-0.39, 0.29) is 36.4 Å². The Balaban J connectivity index is 1.95. The number of hydrogen-bond acceptors (Lipinski definition) is 5. The smallest absolute Gasteiger partial charge is 0.255 e. The molecular weight excluding hydrogens is 320 g/mol. The van der Waals surface area contributed by atoms with E-state index in [1.54, 1.807) is 13.0 Å². The van der Waals surface area contributed by atoms with Crippen LogP contribution in [0.25, 0.3) is 0 Å². The first-order valence-electron chi connectivity index (χ1n) is 7.70. The van der Waals surface area contributed by atoms with Gasteiger partial charge in [-0.15, -0.1) is 0 Å². The van der Waals surface area contributed by atoms with Crippen LogP contribution in [0, 0.1) is 0 Å². The Bertz CT molecular complexity index is 666. The summed E-state index contributed by atoms with van der Waals surface area (Å²) in [6.45, 7) is 3.94. The highest BCUT2D eigenvalue weighted by Crippen LogP contribution is 2.13. The van der Waals surface area contributed by atoms with Crippen LogP contribution in [-0.2, 0) is 21.1 Å². The summed E-state index contributed by atoms with van der Waals surface area (Å²) in [5.41, 5.74) is 0.438. The second-order valence-electron chi connectivity index (χ2n) is 5.68. The Morgan fingerprint density at radius 3 is 2.61 bits per heavy atom. The van der Waals surface area contributed by atoms with Crippen molar-refractivity contribution in [1.82, 2.24) is 10.2 Å². The third-order valence-corrected chi connectivity index (χ3v) is 5.45. The number of nitrogens with zero attached hydrogens (tertiary/aromatic N) is 1. The minimum absolute atomic E-state index is 0.0260. The van der Waals surface area contributed by atoms with E-state index in [9.17, 15) is 18.0 Å². The molecule has 0 aromatic carbocycles.